The van der Waals surface area contributed by atoms with Crippen LogP contribution < -0.4 is 10.9 Å². The third kappa shape index (κ3) is 4.04. The number of anilines is 1. The first-order chi connectivity index (χ1) is 14.3. The largest absolute Gasteiger partial charge is 0.351 e. The first-order valence-corrected chi connectivity index (χ1v) is 10.3. The topological polar surface area (TPSA) is 85.6 Å². The number of pyridine rings is 1. The monoisotopic (exact) mass is 388 g/mol. The van der Waals surface area contributed by atoms with Crippen molar-refractivity contribution in [3.05, 3.63) is 65.0 Å². The lowest BCUT2D eigenvalue weighted by Crippen LogP contribution is -2.33. The molecule has 7 heteroatoms. The van der Waals surface area contributed by atoms with Gasteiger partial charge in [-0.2, -0.15) is 5.10 Å². The summed E-state index contributed by atoms with van der Waals surface area (Å²) in [6, 6.07) is 7.67. The summed E-state index contributed by atoms with van der Waals surface area (Å²) < 4.78 is 1.66. The van der Waals surface area contributed by atoms with E-state index in [0.29, 0.717) is 17.9 Å². The van der Waals surface area contributed by atoms with E-state index in [0.717, 1.165) is 36.9 Å². The Labute approximate surface area is 169 Å². The molecule has 5 rings (SSSR count). The van der Waals surface area contributed by atoms with Crippen LogP contribution in [0.3, 0.4) is 0 Å². The number of hydrogen-bond donors (Lipinski definition) is 1. The molecule has 148 valence electrons. The molecule has 2 fully saturated rings. The van der Waals surface area contributed by atoms with E-state index < -0.39 is 0 Å². The van der Waals surface area contributed by atoms with Crippen LogP contribution in [0.5, 0.6) is 0 Å². The van der Waals surface area contributed by atoms with Gasteiger partial charge in [0.1, 0.15) is 0 Å². The number of aromatic nitrogens is 5. The summed E-state index contributed by atoms with van der Waals surface area (Å²) in [5.74, 6) is 1.38. The number of rotatable bonds is 5. The zero-order valence-corrected chi connectivity index (χ0v) is 16.2. The third-order valence-corrected chi connectivity index (χ3v) is 5.90. The van der Waals surface area contributed by atoms with Gasteiger partial charge in [0.15, 0.2) is 0 Å². The molecule has 2 aliphatic rings. The zero-order valence-electron chi connectivity index (χ0n) is 16.2. The van der Waals surface area contributed by atoms with Crippen LogP contribution in [0.25, 0.3) is 11.3 Å². The lowest BCUT2D eigenvalue weighted by Gasteiger charge is -2.29. The molecule has 0 saturated heterocycles. The summed E-state index contributed by atoms with van der Waals surface area (Å²) in [6.07, 6.45) is 13.6. The van der Waals surface area contributed by atoms with Crippen molar-refractivity contribution in [2.24, 2.45) is 0 Å². The van der Waals surface area contributed by atoms with Gasteiger partial charge >= 0.3 is 0 Å². The van der Waals surface area contributed by atoms with E-state index in [1.807, 2.05) is 24.5 Å². The van der Waals surface area contributed by atoms with Crippen molar-refractivity contribution >= 4 is 5.95 Å². The Balaban J connectivity index is 1.24. The second-order valence-electron chi connectivity index (χ2n) is 8.00. The van der Waals surface area contributed by atoms with Crippen molar-refractivity contribution in [1.82, 2.24) is 24.7 Å². The standard InChI is InChI=1S/C22H24N6O/c29-21-8-7-20(16-9-11-23-12-10-16)27-28(21)19-5-3-18(4-6-19)26-22-24-13-17(14-25-22)15-1-2-15/h7-15,18-19H,1-6H2,(H,24,25,26). The minimum absolute atomic E-state index is 0.0433. The van der Waals surface area contributed by atoms with Gasteiger partial charge in [-0.1, -0.05) is 0 Å². The maximum absolute atomic E-state index is 12.4. The fraction of sp³-hybridized carbons (Fsp3) is 0.409. The van der Waals surface area contributed by atoms with E-state index >= 15 is 0 Å². The summed E-state index contributed by atoms with van der Waals surface area (Å²) >= 11 is 0. The second kappa shape index (κ2) is 7.73. The van der Waals surface area contributed by atoms with Crippen molar-refractivity contribution in [3.63, 3.8) is 0 Å². The number of nitrogens with one attached hydrogen (secondary N) is 1. The van der Waals surface area contributed by atoms with Gasteiger partial charge in [-0.3, -0.25) is 9.78 Å². The predicted octanol–water partition coefficient (Wildman–Crippen LogP) is 3.57. The van der Waals surface area contributed by atoms with Gasteiger partial charge < -0.3 is 5.32 Å². The van der Waals surface area contributed by atoms with Crippen molar-refractivity contribution in [2.45, 2.75) is 56.5 Å². The van der Waals surface area contributed by atoms with Gasteiger partial charge in [-0.25, -0.2) is 14.6 Å². The normalized spacial score (nSPS) is 21.7. The molecule has 2 aliphatic carbocycles. The van der Waals surface area contributed by atoms with Gasteiger partial charge in [0.05, 0.1) is 11.7 Å². The van der Waals surface area contributed by atoms with E-state index in [2.05, 4.69) is 25.4 Å². The Morgan fingerprint density at radius 2 is 1.62 bits per heavy atom. The summed E-state index contributed by atoms with van der Waals surface area (Å²) in [5, 5.41) is 8.09. The van der Waals surface area contributed by atoms with Crippen LogP contribution in [0.4, 0.5) is 5.95 Å². The summed E-state index contributed by atoms with van der Waals surface area (Å²) in [4.78, 5) is 25.4. The molecule has 3 aromatic heterocycles. The van der Waals surface area contributed by atoms with Crippen molar-refractivity contribution in [3.8, 4) is 11.3 Å². The quantitative estimate of drug-likeness (QED) is 0.719. The highest BCUT2D eigenvalue weighted by Gasteiger charge is 2.26. The Hall–Kier alpha value is -3.09. The lowest BCUT2D eigenvalue weighted by molar-refractivity contribution is 0.304. The molecule has 0 unspecified atom stereocenters. The average Bonchev–Trinajstić information content (AvgIpc) is 3.62. The van der Waals surface area contributed by atoms with Crippen LogP contribution in [-0.2, 0) is 0 Å². The molecule has 0 radical (unpaired) electrons. The fourth-order valence-corrected chi connectivity index (χ4v) is 4.05. The first kappa shape index (κ1) is 18.0. The second-order valence-corrected chi connectivity index (χ2v) is 8.00. The average molecular weight is 388 g/mol. The summed E-state index contributed by atoms with van der Waals surface area (Å²) in [5.41, 5.74) is 2.98. The minimum atomic E-state index is -0.0433. The first-order valence-electron chi connectivity index (χ1n) is 10.3. The molecule has 0 atom stereocenters. The maximum atomic E-state index is 12.4. The molecule has 7 nitrogen and oxygen atoms in total. The molecule has 3 heterocycles. The molecule has 0 bridgehead atoms. The molecule has 0 amide bonds. The molecule has 2 saturated carbocycles. The molecule has 29 heavy (non-hydrogen) atoms. The van der Waals surface area contributed by atoms with Crippen molar-refractivity contribution < 1.29 is 0 Å². The smallest absolute Gasteiger partial charge is 0.267 e. The Morgan fingerprint density at radius 3 is 2.31 bits per heavy atom. The highest BCUT2D eigenvalue weighted by atomic mass is 16.1. The highest BCUT2D eigenvalue weighted by Crippen LogP contribution is 2.39. The van der Waals surface area contributed by atoms with Crippen LogP contribution in [0.1, 0.15) is 56.0 Å². The van der Waals surface area contributed by atoms with Crippen LogP contribution in [0.15, 0.2) is 53.8 Å². The van der Waals surface area contributed by atoms with Crippen LogP contribution in [0.2, 0.25) is 0 Å². The predicted molar refractivity (Wildman–Crippen MR) is 111 cm³/mol. The molecular weight excluding hydrogens is 364 g/mol. The van der Waals surface area contributed by atoms with Gasteiger partial charge in [-0.15, -0.1) is 0 Å². The van der Waals surface area contributed by atoms with Gasteiger partial charge in [0, 0.05) is 42.5 Å². The Morgan fingerprint density at radius 1 is 0.897 bits per heavy atom. The van der Waals surface area contributed by atoms with E-state index in [4.69, 9.17) is 0 Å². The van der Waals surface area contributed by atoms with E-state index in [1.54, 1.807) is 29.2 Å². The molecule has 0 spiro atoms. The van der Waals surface area contributed by atoms with E-state index in [1.165, 1.54) is 18.4 Å². The zero-order chi connectivity index (χ0) is 19.6. The van der Waals surface area contributed by atoms with Crippen LogP contribution in [0, 0.1) is 0 Å². The third-order valence-electron chi connectivity index (χ3n) is 5.90. The van der Waals surface area contributed by atoms with E-state index in [9.17, 15) is 4.79 Å². The minimum Gasteiger partial charge on any atom is -0.351 e. The van der Waals surface area contributed by atoms with E-state index in [-0.39, 0.29) is 11.6 Å². The van der Waals surface area contributed by atoms with Crippen molar-refractivity contribution in [1.29, 1.82) is 0 Å². The van der Waals surface area contributed by atoms with Crippen LogP contribution >= 0.6 is 0 Å². The molecule has 0 aliphatic heterocycles. The fourth-order valence-electron chi connectivity index (χ4n) is 4.05. The molecular formula is C22H24N6O. The van der Waals surface area contributed by atoms with Crippen LogP contribution in [-0.4, -0.2) is 30.8 Å². The van der Waals surface area contributed by atoms with Crippen molar-refractivity contribution in [2.75, 3.05) is 5.32 Å². The number of nitrogens with zero attached hydrogens (tertiary/aromatic N) is 5. The summed E-state index contributed by atoms with van der Waals surface area (Å²) in [7, 11) is 0. The maximum Gasteiger partial charge on any atom is 0.267 e. The molecule has 1 N–H and O–H groups in total. The number of hydrogen-bond acceptors (Lipinski definition) is 6. The lowest BCUT2D eigenvalue weighted by atomic mass is 9.91. The van der Waals surface area contributed by atoms with Gasteiger partial charge in [0.2, 0.25) is 5.95 Å². The Kier molecular flexibility index (Phi) is 4.79. The molecule has 3 aromatic rings. The highest BCUT2D eigenvalue weighted by molar-refractivity contribution is 5.57. The van der Waals surface area contributed by atoms with Gasteiger partial charge in [-0.05, 0) is 68.2 Å². The Bertz CT molecular complexity index is 1020. The summed E-state index contributed by atoms with van der Waals surface area (Å²) in [6.45, 7) is 0. The SMILES string of the molecule is O=c1ccc(-c2ccncc2)nn1C1CCC(Nc2ncc(C3CC3)cn2)CC1. The van der Waals surface area contributed by atoms with Gasteiger partial charge in [0.25, 0.3) is 5.56 Å². The molecule has 0 aromatic carbocycles.